The molecule has 0 saturated heterocycles. The minimum absolute atomic E-state index is 0.00615. The molecular weight excluding hydrogens is 266 g/mol. The molecule has 0 unspecified atom stereocenters. The maximum atomic E-state index is 13.7. The first-order valence-electron chi connectivity index (χ1n) is 6.32. The molecule has 0 heterocycles. The van der Waals surface area contributed by atoms with E-state index < -0.39 is 11.6 Å². The van der Waals surface area contributed by atoms with Gasteiger partial charge in [0.25, 0.3) is 0 Å². The number of halogens is 2. The molecule has 1 aliphatic rings. The molecule has 1 fully saturated rings. The van der Waals surface area contributed by atoms with Crippen molar-refractivity contribution in [3.05, 3.63) is 29.3 Å². The molecule has 1 saturated carbocycles. The van der Waals surface area contributed by atoms with Crippen LogP contribution >= 0.6 is 11.8 Å². The van der Waals surface area contributed by atoms with Crippen molar-refractivity contribution >= 4 is 17.4 Å². The van der Waals surface area contributed by atoms with Gasteiger partial charge in [-0.2, -0.15) is 17.0 Å². The van der Waals surface area contributed by atoms with Gasteiger partial charge in [0.2, 0.25) is 0 Å². The van der Waals surface area contributed by atoms with Crippen LogP contribution in [0.25, 0.3) is 0 Å². The summed E-state index contributed by atoms with van der Waals surface area (Å²) < 4.78 is 27.5. The van der Waals surface area contributed by atoms with Crippen LogP contribution in [0.2, 0.25) is 0 Å². The molecule has 5 heteroatoms. The minimum Gasteiger partial charge on any atom is -0.378 e. The van der Waals surface area contributed by atoms with Gasteiger partial charge < -0.3 is 5.32 Å². The molecule has 1 aromatic carbocycles. The predicted octanol–water partition coefficient (Wildman–Crippen LogP) is 3.92. The lowest BCUT2D eigenvalue weighted by Gasteiger charge is -2.29. The standard InChI is InChI=1S/C14H16F2N2S/c1-19-11-4-2-10(3-5-11)18-14-12(15)6-9(8-17)7-13(14)16/h6-7,10-11,18H,2-5H2,1H3. The Morgan fingerprint density at radius 1 is 1.21 bits per heavy atom. The maximum Gasteiger partial charge on any atom is 0.150 e. The van der Waals surface area contributed by atoms with Gasteiger partial charge in [-0.25, -0.2) is 8.78 Å². The smallest absolute Gasteiger partial charge is 0.150 e. The third-order valence-corrected chi connectivity index (χ3v) is 4.67. The number of nitriles is 1. The van der Waals surface area contributed by atoms with E-state index in [-0.39, 0.29) is 17.3 Å². The van der Waals surface area contributed by atoms with Crippen molar-refractivity contribution in [1.82, 2.24) is 0 Å². The van der Waals surface area contributed by atoms with Gasteiger partial charge in [-0.3, -0.25) is 0 Å². The summed E-state index contributed by atoms with van der Waals surface area (Å²) in [6.45, 7) is 0. The Kier molecular flexibility index (Phi) is 4.65. The van der Waals surface area contributed by atoms with Crippen LogP contribution in [0.3, 0.4) is 0 Å². The molecule has 0 atom stereocenters. The lowest BCUT2D eigenvalue weighted by Crippen LogP contribution is -2.27. The second kappa shape index (κ2) is 6.25. The van der Waals surface area contributed by atoms with Crippen molar-refractivity contribution in [2.45, 2.75) is 37.0 Å². The zero-order valence-electron chi connectivity index (χ0n) is 10.7. The third-order valence-electron chi connectivity index (χ3n) is 3.53. The van der Waals surface area contributed by atoms with Gasteiger partial charge in [-0.15, -0.1) is 0 Å². The monoisotopic (exact) mass is 282 g/mol. The van der Waals surface area contributed by atoms with E-state index in [0.29, 0.717) is 5.25 Å². The van der Waals surface area contributed by atoms with Crippen molar-refractivity contribution in [3.63, 3.8) is 0 Å². The normalized spacial score (nSPS) is 22.8. The van der Waals surface area contributed by atoms with E-state index in [1.807, 2.05) is 11.8 Å². The van der Waals surface area contributed by atoms with Crippen molar-refractivity contribution in [2.75, 3.05) is 11.6 Å². The van der Waals surface area contributed by atoms with Crippen molar-refractivity contribution in [1.29, 1.82) is 5.26 Å². The number of hydrogen-bond donors (Lipinski definition) is 1. The lowest BCUT2D eigenvalue weighted by atomic mass is 9.94. The van der Waals surface area contributed by atoms with Crippen molar-refractivity contribution in [2.24, 2.45) is 0 Å². The van der Waals surface area contributed by atoms with Crippen LogP contribution in [0.4, 0.5) is 14.5 Å². The average Bonchev–Trinajstić information content (AvgIpc) is 2.43. The Morgan fingerprint density at radius 2 is 1.79 bits per heavy atom. The van der Waals surface area contributed by atoms with Gasteiger partial charge in [0, 0.05) is 11.3 Å². The van der Waals surface area contributed by atoms with Gasteiger partial charge in [-0.05, 0) is 44.1 Å². The van der Waals surface area contributed by atoms with Gasteiger partial charge >= 0.3 is 0 Å². The number of nitrogens with one attached hydrogen (secondary N) is 1. The second-order valence-corrected chi connectivity index (χ2v) is 5.92. The van der Waals surface area contributed by atoms with Gasteiger partial charge in [-0.1, -0.05) is 0 Å². The first-order chi connectivity index (χ1) is 9.13. The zero-order chi connectivity index (χ0) is 13.8. The highest BCUT2D eigenvalue weighted by molar-refractivity contribution is 7.99. The largest absolute Gasteiger partial charge is 0.378 e. The van der Waals surface area contributed by atoms with Crippen LogP contribution in [-0.2, 0) is 0 Å². The summed E-state index contributed by atoms with van der Waals surface area (Å²) in [5.74, 6) is -1.38. The molecule has 1 N–H and O–H groups in total. The first-order valence-corrected chi connectivity index (χ1v) is 7.61. The topological polar surface area (TPSA) is 35.8 Å². The first kappa shape index (κ1) is 14.1. The van der Waals surface area contributed by atoms with E-state index in [9.17, 15) is 8.78 Å². The zero-order valence-corrected chi connectivity index (χ0v) is 11.6. The van der Waals surface area contributed by atoms with E-state index in [1.165, 1.54) is 0 Å². The summed E-state index contributed by atoms with van der Waals surface area (Å²) in [6.07, 6.45) is 6.07. The van der Waals surface area contributed by atoms with Crippen molar-refractivity contribution < 1.29 is 8.78 Å². The Bertz CT molecular complexity index is 468. The highest BCUT2D eigenvalue weighted by Crippen LogP contribution is 2.30. The molecule has 1 aliphatic carbocycles. The quantitative estimate of drug-likeness (QED) is 0.912. The molecule has 19 heavy (non-hydrogen) atoms. The highest BCUT2D eigenvalue weighted by Gasteiger charge is 2.22. The van der Waals surface area contributed by atoms with E-state index >= 15 is 0 Å². The van der Waals surface area contributed by atoms with E-state index in [4.69, 9.17) is 5.26 Å². The van der Waals surface area contributed by atoms with Crippen LogP contribution < -0.4 is 5.32 Å². The summed E-state index contributed by atoms with van der Waals surface area (Å²) in [6, 6.07) is 3.99. The summed E-state index contributed by atoms with van der Waals surface area (Å²) in [5.41, 5.74) is -0.0988. The number of rotatable bonds is 3. The number of thioether (sulfide) groups is 1. The average molecular weight is 282 g/mol. The number of hydrogen-bond acceptors (Lipinski definition) is 3. The van der Waals surface area contributed by atoms with E-state index in [2.05, 4.69) is 11.6 Å². The Labute approximate surface area is 116 Å². The van der Waals surface area contributed by atoms with Crippen LogP contribution in [0.15, 0.2) is 12.1 Å². The molecule has 0 amide bonds. The molecule has 0 aliphatic heterocycles. The summed E-state index contributed by atoms with van der Waals surface area (Å²) in [7, 11) is 0. The van der Waals surface area contributed by atoms with Crippen LogP contribution in [-0.4, -0.2) is 17.5 Å². The Balaban J connectivity index is 2.06. The second-order valence-electron chi connectivity index (χ2n) is 4.78. The predicted molar refractivity (Wildman–Crippen MR) is 74.3 cm³/mol. The van der Waals surface area contributed by atoms with Crippen LogP contribution in [0.1, 0.15) is 31.2 Å². The summed E-state index contributed by atoms with van der Waals surface area (Å²) >= 11 is 1.85. The third kappa shape index (κ3) is 3.38. The van der Waals surface area contributed by atoms with Crippen molar-refractivity contribution in [3.8, 4) is 6.07 Å². The van der Waals surface area contributed by atoms with Gasteiger partial charge in [0.1, 0.15) is 5.69 Å². The van der Waals surface area contributed by atoms with Gasteiger partial charge in [0.05, 0.1) is 11.6 Å². The Hall–Kier alpha value is -1.28. The fourth-order valence-corrected chi connectivity index (χ4v) is 3.17. The molecule has 1 aromatic rings. The SMILES string of the molecule is CSC1CCC(Nc2c(F)cc(C#N)cc2F)CC1. The molecule has 2 nitrogen and oxygen atoms in total. The molecule has 0 bridgehead atoms. The minimum atomic E-state index is -0.691. The summed E-state index contributed by atoms with van der Waals surface area (Å²) in [4.78, 5) is 0. The maximum absolute atomic E-state index is 13.7. The highest BCUT2D eigenvalue weighted by atomic mass is 32.2. The van der Waals surface area contributed by atoms with Crippen LogP contribution in [0, 0.1) is 23.0 Å². The number of anilines is 1. The molecule has 102 valence electrons. The fourth-order valence-electron chi connectivity index (χ4n) is 2.42. The van der Waals surface area contributed by atoms with Crippen LogP contribution in [0.5, 0.6) is 0 Å². The lowest BCUT2D eigenvalue weighted by molar-refractivity contribution is 0.467. The molecule has 0 aromatic heterocycles. The number of benzene rings is 1. The molecule has 2 rings (SSSR count). The fraction of sp³-hybridized carbons (Fsp3) is 0.500. The Morgan fingerprint density at radius 3 is 2.26 bits per heavy atom. The van der Waals surface area contributed by atoms with E-state index in [0.717, 1.165) is 37.8 Å². The summed E-state index contributed by atoms with van der Waals surface area (Å²) in [5, 5.41) is 12.3. The molecule has 0 spiro atoms. The molecular formula is C14H16F2N2S. The van der Waals surface area contributed by atoms with E-state index in [1.54, 1.807) is 6.07 Å². The van der Waals surface area contributed by atoms with Gasteiger partial charge in [0.15, 0.2) is 11.6 Å². The number of nitrogens with zero attached hydrogens (tertiary/aromatic N) is 1. The molecule has 0 radical (unpaired) electrons.